The summed E-state index contributed by atoms with van der Waals surface area (Å²) in [6.07, 6.45) is 0. The average molecular weight is 721 g/mol. The van der Waals surface area contributed by atoms with E-state index in [9.17, 15) is 0 Å². The van der Waals surface area contributed by atoms with Crippen LogP contribution in [0.3, 0.4) is 0 Å². The molecule has 0 unspecified atom stereocenters. The number of rotatable bonds is 6. The van der Waals surface area contributed by atoms with E-state index in [2.05, 4.69) is 69.8 Å². The summed E-state index contributed by atoms with van der Waals surface area (Å²) in [4.78, 5) is 15.7. The molecule has 8 aromatic carbocycles. The molecule has 0 spiro atoms. The SMILES string of the molecule is [2H]c1c([2H])c([2H])c(-c2cccc(-n3c4ccccc4c4ccc5c6ccccc6n(-c6nc(-c7ccccc7)nc(-c7cccc(-c8ccccc8)c7)n6)c5c43)c2)c([2H])c1[2H]. The highest BCUT2D eigenvalue weighted by Crippen LogP contribution is 2.42. The van der Waals surface area contributed by atoms with Crippen molar-refractivity contribution < 1.29 is 6.85 Å². The molecule has 0 saturated carbocycles. The molecule has 11 rings (SSSR count). The van der Waals surface area contributed by atoms with Crippen LogP contribution in [0.2, 0.25) is 0 Å². The maximum absolute atomic E-state index is 8.79. The van der Waals surface area contributed by atoms with Crippen LogP contribution in [0.5, 0.6) is 0 Å². The van der Waals surface area contributed by atoms with Crippen molar-refractivity contribution in [1.82, 2.24) is 24.1 Å². The van der Waals surface area contributed by atoms with Crippen LogP contribution in [0.4, 0.5) is 0 Å². The van der Waals surface area contributed by atoms with Gasteiger partial charge in [-0.1, -0.05) is 170 Å². The molecule has 0 aliphatic rings. The van der Waals surface area contributed by atoms with Gasteiger partial charge in [0.1, 0.15) is 0 Å². The van der Waals surface area contributed by atoms with Crippen molar-refractivity contribution >= 4 is 43.6 Å². The molecule has 5 nitrogen and oxygen atoms in total. The summed E-state index contributed by atoms with van der Waals surface area (Å²) in [5.74, 6) is 1.53. The van der Waals surface area contributed by atoms with Crippen molar-refractivity contribution in [2.24, 2.45) is 0 Å². The molecule has 0 aliphatic carbocycles. The van der Waals surface area contributed by atoms with Crippen LogP contribution < -0.4 is 0 Å². The standard InChI is InChI=1S/C51H33N5/c1-4-16-34(17-5-1)37-22-14-24-39(32-37)50-52-49(36-20-8-3-9-21-36)53-51(54-50)56-46-29-13-11-27-42(46)44-31-30-43-41-26-10-12-28-45(41)55(47(43)48(44)56)40-25-15-23-38(33-40)35-18-6-2-7-19-35/h1-33H/i2D,6D,7D,18D,19D. The Labute approximate surface area is 330 Å². The zero-order valence-corrected chi connectivity index (χ0v) is 29.9. The molecule has 5 heteroatoms. The number of benzene rings is 8. The fourth-order valence-corrected chi connectivity index (χ4v) is 7.95. The van der Waals surface area contributed by atoms with Crippen LogP contribution in [-0.4, -0.2) is 24.1 Å². The van der Waals surface area contributed by atoms with Crippen molar-refractivity contribution in [3.05, 3.63) is 200 Å². The smallest absolute Gasteiger partial charge is 0.238 e. The first kappa shape index (κ1) is 27.0. The molecule has 0 N–H and O–H groups in total. The molecule has 0 aliphatic heterocycles. The zero-order chi connectivity index (χ0) is 41.4. The van der Waals surface area contributed by atoms with E-state index in [1.165, 1.54) is 0 Å². The second kappa shape index (κ2) is 13.0. The van der Waals surface area contributed by atoms with Crippen LogP contribution >= 0.6 is 0 Å². The van der Waals surface area contributed by atoms with Gasteiger partial charge in [-0.2, -0.15) is 9.97 Å². The Morgan fingerprint density at radius 1 is 0.357 bits per heavy atom. The first-order valence-electron chi connectivity index (χ1n) is 21.0. The predicted octanol–water partition coefficient (Wildman–Crippen LogP) is 12.7. The number of hydrogen-bond donors (Lipinski definition) is 0. The van der Waals surface area contributed by atoms with Gasteiger partial charge in [0, 0.05) is 38.4 Å². The molecule has 0 fully saturated rings. The van der Waals surface area contributed by atoms with E-state index >= 15 is 0 Å². The fourth-order valence-electron chi connectivity index (χ4n) is 7.95. The lowest BCUT2D eigenvalue weighted by molar-refractivity contribution is 0.953. The van der Waals surface area contributed by atoms with Crippen LogP contribution in [0.25, 0.3) is 100 Å². The van der Waals surface area contributed by atoms with E-state index in [-0.39, 0.29) is 29.7 Å². The average Bonchev–Trinajstić information content (AvgIpc) is 3.84. The zero-order valence-electron chi connectivity index (χ0n) is 34.9. The Morgan fingerprint density at radius 3 is 1.57 bits per heavy atom. The monoisotopic (exact) mass is 720 g/mol. The van der Waals surface area contributed by atoms with E-state index in [1.54, 1.807) is 6.07 Å². The predicted molar refractivity (Wildman–Crippen MR) is 230 cm³/mol. The van der Waals surface area contributed by atoms with Gasteiger partial charge >= 0.3 is 0 Å². The number of nitrogens with zero attached hydrogens (tertiary/aromatic N) is 5. The Balaban J connectivity index is 1.23. The molecule has 11 aromatic rings. The van der Waals surface area contributed by atoms with E-state index in [0.717, 1.165) is 71.6 Å². The molecule has 0 atom stereocenters. The summed E-state index contributed by atoms with van der Waals surface area (Å²) in [6, 6.07) is 55.2. The lowest BCUT2D eigenvalue weighted by Gasteiger charge is -2.14. The Morgan fingerprint density at radius 2 is 0.875 bits per heavy atom. The maximum atomic E-state index is 8.79. The van der Waals surface area contributed by atoms with Crippen molar-refractivity contribution in [2.75, 3.05) is 0 Å². The van der Waals surface area contributed by atoms with Gasteiger partial charge in [-0.3, -0.25) is 4.57 Å². The third-order valence-electron chi connectivity index (χ3n) is 10.4. The molecule has 0 bridgehead atoms. The van der Waals surface area contributed by atoms with Crippen molar-refractivity contribution in [3.8, 4) is 56.7 Å². The molecule has 0 radical (unpaired) electrons. The number of para-hydroxylation sites is 2. The second-order valence-electron chi connectivity index (χ2n) is 13.7. The molecule has 3 heterocycles. The Kier molecular flexibility index (Phi) is 6.29. The Bertz CT molecular complexity index is 3520. The molecule has 56 heavy (non-hydrogen) atoms. The van der Waals surface area contributed by atoms with Gasteiger partial charge in [0.2, 0.25) is 5.95 Å². The van der Waals surface area contributed by atoms with Crippen molar-refractivity contribution in [1.29, 1.82) is 0 Å². The van der Waals surface area contributed by atoms with Gasteiger partial charge in [-0.25, -0.2) is 4.98 Å². The van der Waals surface area contributed by atoms with Gasteiger partial charge in [0.25, 0.3) is 0 Å². The van der Waals surface area contributed by atoms with Gasteiger partial charge < -0.3 is 4.57 Å². The van der Waals surface area contributed by atoms with Gasteiger partial charge in [-0.05, 0) is 52.6 Å². The van der Waals surface area contributed by atoms with Crippen LogP contribution in [0, 0.1) is 0 Å². The van der Waals surface area contributed by atoms with Crippen molar-refractivity contribution in [3.63, 3.8) is 0 Å². The molecular weight excluding hydrogens is 683 g/mol. The summed E-state index contributed by atoms with van der Waals surface area (Å²) in [5.41, 5.74) is 8.94. The molecule has 0 saturated heterocycles. The third kappa shape index (κ3) is 5.21. The molecule has 262 valence electrons. The first-order chi connectivity index (χ1) is 29.9. The largest absolute Gasteiger partial charge is 0.307 e. The minimum absolute atomic E-state index is 0.148. The highest BCUT2D eigenvalue weighted by molar-refractivity contribution is 6.23. The van der Waals surface area contributed by atoms with Crippen LogP contribution in [0.15, 0.2) is 200 Å². The summed E-state index contributed by atoms with van der Waals surface area (Å²) in [7, 11) is 0. The summed E-state index contributed by atoms with van der Waals surface area (Å²) >= 11 is 0. The number of hydrogen-bond acceptors (Lipinski definition) is 3. The topological polar surface area (TPSA) is 48.5 Å². The maximum Gasteiger partial charge on any atom is 0.238 e. The highest BCUT2D eigenvalue weighted by atomic mass is 15.2. The quantitative estimate of drug-likeness (QED) is 0.172. The normalized spacial score (nSPS) is 12.8. The fraction of sp³-hybridized carbons (Fsp3) is 0. The van der Waals surface area contributed by atoms with Gasteiger partial charge in [0.05, 0.1) is 28.9 Å². The molecule has 3 aromatic heterocycles. The second-order valence-corrected chi connectivity index (χ2v) is 13.7. The molecule has 0 amide bonds. The minimum atomic E-state index is -0.423. The number of fused-ring (bicyclic) bond motifs is 7. The van der Waals surface area contributed by atoms with E-state index in [1.807, 2.05) is 103 Å². The number of aromatic nitrogens is 5. The van der Waals surface area contributed by atoms with E-state index < -0.39 is 6.04 Å². The van der Waals surface area contributed by atoms with Gasteiger partial charge in [-0.15, -0.1) is 0 Å². The Hall–Kier alpha value is -7.63. The van der Waals surface area contributed by atoms with Crippen molar-refractivity contribution in [2.45, 2.75) is 0 Å². The lowest BCUT2D eigenvalue weighted by atomic mass is 10.0. The third-order valence-corrected chi connectivity index (χ3v) is 10.4. The summed E-state index contributed by atoms with van der Waals surface area (Å²) in [5, 5.41) is 4.07. The van der Waals surface area contributed by atoms with Crippen LogP contribution in [0.1, 0.15) is 6.85 Å². The highest BCUT2D eigenvalue weighted by Gasteiger charge is 2.23. The minimum Gasteiger partial charge on any atom is -0.307 e. The van der Waals surface area contributed by atoms with Gasteiger partial charge in [0.15, 0.2) is 11.6 Å². The lowest BCUT2D eigenvalue weighted by Crippen LogP contribution is -2.07. The first-order valence-corrected chi connectivity index (χ1v) is 18.5. The summed E-state index contributed by atoms with van der Waals surface area (Å²) < 4.78 is 46.9. The van der Waals surface area contributed by atoms with E-state index in [4.69, 9.17) is 21.8 Å². The van der Waals surface area contributed by atoms with Crippen LogP contribution in [-0.2, 0) is 0 Å². The summed E-state index contributed by atoms with van der Waals surface area (Å²) in [6.45, 7) is 0. The van der Waals surface area contributed by atoms with E-state index in [0.29, 0.717) is 23.2 Å². The molecular formula is C51H33N5.